The third kappa shape index (κ3) is 6.35. The molecule has 0 saturated heterocycles. The van der Waals surface area contributed by atoms with Gasteiger partial charge < -0.3 is 0 Å². The van der Waals surface area contributed by atoms with Crippen LogP contribution in [0.2, 0.25) is 0 Å². The highest BCUT2D eigenvalue weighted by atomic mass is 14.9. The zero-order valence-electron chi connectivity index (χ0n) is 12.5. The second kappa shape index (κ2) is 8.66. The molecule has 104 valence electrons. The monoisotopic (exact) mass is 258 g/mol. The second-order valence-electron chi connectivity index (χ2n) is 5.43. The van der Waals surface area contributed by atoms with Crippen molar-refractivity contribution in [1.29, 1.82) is 0 Å². The molecule has 0 aliphatic rings. The lowest BCUT2D eigenvalue weighted by Crippen LogP contribution is -2.12. The molecule has 0 bridgehead atoms. The van der Waals surface area contributed by atoms with E-state index in [1.807, 2.05) is 18.2 Å². The number of hydrogen-bond acceptors (Lipinski definition) is 2. The molecule has 1 aromatic rings. The van der Waals surface area contributed by atoms with Gasteiger partial charge in [-0.25, -0.2) is 9.98 Å². The molecular formula is C17H26N2. The van der Waals surface area contributed by atoms with Crippen molar-refractivity contribution in [3.05, 3.63) is 35.9 Å². The summed E-state index contributed by atoms with van der Waals surface area (Å²) >= 11 is 0. The minimum Gasteiger partial charge on any atom is -0.226 e. The van der Waals surface area contributed by atoms with E-state index in [9.17, 15) is 0 Å². The van der Waals surface area contributed by atoms with Gasteiger partial charge in [0.05, 0.1) is 11.5 Å². The molecule has 0 aliphatic carbocycles. The van der Waals surface area contributed by atoms with Crippen molar-refractivity contribution in [1.82, 2.24) is 0 Å². The maximum Gasteiger partial charge on any atom is 0.0910 e. The number of unbranched alkanes of at least 4 members (excludes halogenated alkanes) is 4. The third-order valence-electron chi connectivity index (χ3n) is 3.25. The van der Waals surface area contributed by atoms with Crippen LogP contribution in [0.25, 0.3) is 0 Å². The van der Waals surface area contributed by atoms with Crippen LogP contribution in [0.5, 0.6) is 0 Å². The average Bonchev–Trinajstić information content (AvgIpc) is 2.43. The van der Waals surface area contributed by atoms with E-state index in [2.05, 4.69) is 48.9 Å². The molecule has 19 heavy (non-hydrogen) atoms. The fourth-order valence-corrected chi connectivity index (χ4v) is 1.92. The van der Waals surface area contributed by atoms with E-state index >= 15 is 0 Å². The average molecular weight is 258 g/mol. The normalized spacial score (nSPS) is 10.9. The summed E-state index contributed by atoms with van der Waals surface area (Å²) in [4.78, 5) is 8.71. The van der Waals surface area contributed by atoms with Crippen LogP contribution >= 0.6 is 0 Å². The van der Waals surface area contributed by atoms with Crippen LogP contribution in [-0.2, 0) is 5.54 Å². The summed E-state index contributed by atoms with van der Waals surface area (Å²) in [6.45, 7) is 7.26. The van der Waals surface area contributed by atoms with Gasteiger partial charge in [0.1, 0.15) is 0 Å². The standard InChI is InChI=1S/C17H26N2/c1-4-5-6-7-11-14-18-15-19-17(2,3)16-12-9-8-10-13-16/h8-10,12-13H,4-7,11,14H2,1-3H3. The van der Waals surface area contributed by atoms with E-state index in [1.165, 1.54) is 31.2 Å². The highest BCUT2D eigenvalue weighted by Crippen LogP contribution is 2.23. The summed E-state index contributed by atoms with van der Waals surface area (Å²) in [5, 5.41) is 0. The number of benzene rings is 1. The third-order valence-corrected chi connectivity index (χ3v) is 3.25. The Morgan fingerprint density at radius 3 is 2.37 bits per heavy atom. The molecule has 0 N–H and O–H groups in total. The predicted molar refractivity (Wildman–Crippen MR) is 83.0 cm³/mol. The maximum absolute atomic E-state index is 4.44. The summed E-state index contributed by atoms with van der Waals surface area (Å²) in [6.07, 6.45) is 6.35. The van der Waals surface area contributed by atoms with Crippen LogP contribution in [0.4, 0.5) is 0 Å². The van der Waals surface area contributed by atoms with E-state index in [4.69, 9.17) is 0 Å². The zero-order chi connectivity index (χ0) is 14.0. The molecule has 1 rings (SSSR count). The minimum atomic E-state index is -0.243. The highest BCUT2D eigenvalue weighted by molar-refractivity contribution is 5.43. The van der Waals surface area contributed by atoms with Crippen molar-refractivity contribution in [2.75, 3.05) is 6.54 Å². The van der Waals surface area contributed by atoms with Gasteiger partial charge in [-0.15, -0.1) is 0 Å². The smallest absolute Gasteiger partial charge is 0.0910 e. The molecule has 0 unspecified atom stereocenters. The van der Waals surface area contributed by atoms with Crippen molar-refractivity contribution in [3.8, 4) is 0 Å². The molecule has 0 amide bonds. The first-order valence-electron chi connectivity index (χ1n) is 7.35. The number of nitrogens with zero attached hydrogens (tertiary/aromatic N) is 2. The summed E-state index contributed by atoms with van der Waals surface area (Å²) in [7, 11) is 0. The molecule has 0 heterocycles. The first-order chi connectivity index (χ1) is 9.17. The molecule has 1 aromatic carbocycles. The largest absolute Gasteiger partial charge is 0.226 e. The number of aliphatic imine (C=N–C) groups is 2. The van der Waals surface area contributed by atoms with Crippen molar-refractivity contribution in [2.24, 2.45) is 9.98 Å². The Morgan fingerprint density at radius 1 is 1.00 bits per heavy atom. The fourth-order valence-electron chi connectivity index (χ4n) is 1.92. The van der Waals surface area contributed by atoms with Crippen LogP contribution in [0.3, 0.4) is 0 Å². The molecule has 0 radical (unpaired) electrons. The van der Waals surface area contributed by atoms with Gasteiger partial charge >= 0.3 is 0 Å². The Balaban J connectivity index is 2.38. The summed E-state index contributed by atoms with van der Waals surface area (Å²) < 4.78 is 0. The van der Waals surface area contributed by atoms with Gasteiger partial charge in [0.2, 0.25) is 0 Å². The van der Waals surface area contributed by atoms with Gasteiger partial charge in [0, 0.05) is 6.54 Å². The van der Waals surface area contributed by atoms with Crippen LogP contribution in [0, 0.1) is 0 Å². The highest BCUT2D eigenvalue weighted by Gasteiger charge is 2.17. The maximum atomic E-state index is 4.44. The van der Waals surface area contributed by atoms with Crippen LogP contribution in [0.15, 0.2) is 40.3 Å². The first kappa shape index (κ1) is 15.7. The van der Waals surface area contributed by atoms with Gasteiger partial charge in [0.15, 0.2) is 0 Å². The molecular weight excluding hydrogens is 232 g/mol. The lowest BCUT2D eigenvalue weighted by molar-refractivity contribution is 0.561. The van der Waals surface area contributed by atoms with E-state index in [0.29, 0.717) is 0 Å². The lowest BCUT2D eigenvalue weighted by Gasteiger charge is -2.17. The molecule has 2 nitrogen and oxygen atoms in total. The summed E-state index contributed by atoms with van der Waals surface area (Å²) in [6, 6.07) is 13.2. The number of hydrogen-bond donors (Lipinski definition) is 0. The van der Waals surface area contributed by atoms with Gasteiger partial charge in [-0.1, -0.05) is 62.9 Å². The fraction of sp³-hybridized carbons (Fsp3) is 0.588. The van der Waals surface area contributed by atoms with Gasteiger partial charge in [0.25, 0.3) is 0 Å². The minimum absolute atomic E-state index is 0.243. The van der Waals surface area contributed by atoms with Crippen molar-refractivity contribution in [3.63, 3.8) is 0 Å². The molecule has 0 spiro atoms. The SMILES string of the molecule is CCCCCCCN=C=NC(C)(C)c1ccccc1. The Kier molecular flexibility index (Phi) is 7.14. The quantitative estimate of drug-likeness (QED) is 0.459. The predicted octanol–water partition coefficient (Wildman–Crippen LogP) is 5.07. The Morgan fingerprint density at radius 2 is 1.68 bits per heavy atom. The number of rotatable bonds is 8. The van der Waals surface area contributed by atoms with E-state index < -0.39 is 0 Å². The lowest BCUT2D eigenvalue weighted by atomic mass is 9.95. The van der Waals surface area contributed by atoms with Crippen molar-refractivity contribution in [2.45, 2.75) is 58.4 Å². The van der Waals surface area contributed by atoms with Gasteiger partial charge in [-0.05, 0) is 25.8 Å². The van der Waals surface area contributed by atoms with Crippen LogP contribution in [0.1, 0.15) is 58.4 Å². The van der Waals surface area contributed by atoms with Gasteiger partial charge in [-0.2, -0.15) is 0 Å². The van der Waals surface area contributed by atoms with E-state index in [-0.39, 0.29) is 5.54 Å². The molecule has 0 aliphatic heterocycles. The molecule has 0 atom stereocenters. The van der Waals surface area contributed by atoms with Crippen LogP contribution in [-0.4, -0.2) is 12.6 Å². The van der Waals surface area contributed by atoms with E-state index in [1.54, 1.807) is 0 Å². The molecule has 0 saturated carbocycles. The van der Waals surface area contributed by atoms with Crippen molar-refractivity contribution < 1.29 is 0 Å². The van der Waals surface area contributed by atoms with Gasteiger partial charge in [-0.3, -0.25) is 0 Å². The Hall–Kier alpha value is -1.40. The van der Waals surface area contributed by atoms with E-state index in [0.717, 1.165) is 13.0 Å². The second-order valence-corrected chi connectivity index (χ2v) is 5.43. The molecule has 0 fully saturated rings. The van der Waals surface area contributed by atoms with Crippen LogP contribution < -0.4 is 0 Å². The first-order valence-corrected chi connectivity index (χ1v) is 7.35. The Bertz CT molecular complexity index is 401. The van der Waals surface area contributed by atoms with Crippen molar-refractivity contribution >= 4 is 6.01 Å². The zero-order valence-corrected chi connectivity index (χ0v) is 12.5. The molecule has 2 heteroatoms. The molecule has 0 aromatic heterocycles. The Labute approximate surface area is 117 Å². The summed E-state index contributed by atoms with van der Waals surface area (Å²) in [5.74, 6) is 0. The topological polar surface area (TPSA) is 24.7 Å². The summed E-state index contributed by atoms with van der Waals surface area (Å²) in [5.41, 5.74) is 0.952.